The van der Waals surface area contributed by atoms with Crippen LogP contribution in [0.3, 0.4) is 0 Å². The van der Waals surface area contributed by atoms with Crippen molar-refractivity contribution in [2.45, 2.75) is 39.8 Å². The summed E-state index contributed by atoms with van der Waals surface area (Å²) < 4.78 is 5.96. The summed E-state index contributed by atoms with van der Waals surface area (Å²) in [6.07, 6.45) is 2.01. The van der Waals surface area contributed by atoms with Crippen LogP contribution in [0.15, 0.2) is 77.9 Å². The van der Waals surface area contributed by atoms with E-state index in [-0.39, 0.29) is 11.8 Å². The van der Waals surface area contributed by atoms with Crippen molar-refractivity contribution in [3.8, 4) is 5.75 Å². The Labute approximate surface area is 211 Å². The van der Waals surface area contributed by atoms with E-state index >= 15 is 0 Å². The van der Waals surface area contributed by atoms with Gasteiger partial charge in [0.1, 0.15) is 18.4 Å². The van der Waals surface area contributed by atoms with Gasteiger partial charge in [0.05, 0.1) is 6.21 Å². The van der Waals surface area contributed by atoms with E-state index in [9.17, 15) is 9.59 Å². The maximum atomic E-state index is 12.8. The zero-order chi connectivity index (χ0) is 25.2. The molecular formula is C28H30ClN3O3. The van der Waals surface area contributed by atoms with E-state index in [0.29, 0.717) is 29.4 Å². The lowest BCUT2D eigenvalue weighted by Crippen LogP contribution is -2.46. The Morgan fingerprint density at radius 2 is 1.69 bits per heavy atom. The van der Waals surface area contributed by atoms with Crippen LogP contribution < -0.4 is 15.5 Å². The standard InChI is InChI=1S/C28H30ClN3O3/c1-19(2)16-25(31-27(33)22-12-14-24(29)15-13-22)28(34)32-30-17-23-6-4-5-7-26(23)35-18-21-10-8-20(3)9-11-21/h4-15,17,19,25H,16,18H2,1-3H3,(H,31,33)(H,32,34)/b30-17+. The highest BCUT2D eigenvalue weighted by Crippen LogP contribution is 2.18. The first-order valence-electron chi connectivity index (χ1n) is 11.5. The molecule has 0 aliphatic rings. The molecule has 0 spiro atoms. The van der Waals surface area contributed by atoms with E-state index < -0.39 is 11.9 Å². The van der Waals surface area contributed by atoms with Crippen molar-refractivity contribution in [2.24, 2.45) is 11.0 Å². The van der Waals surface area contributed by atoms with Gasteiger partial charge >= 0.3 is 0 Å². The highest BCUT2D eigenvalue weighted by Gasteiger charge is 2.22. The summed E-state index contributed by atoms with van der Waals surface area (Å²) in [5.74, 6) is 0.105. The molecule has 35 heavy (non-hydrogen) atoms. The second-order valence-corrected chi connectivity index (χ2v) is 9.15. The summed E-state index contributed by atoms with van der Waals surface area (Å²) in [5, 5.41) is 7.45. The Kier molecular flexibility index (Phi) is 9.44. The number of halogens is 1. The van der Waals surface area contributed by atoms with Crippen LogP contribution in [-0.4, -0.2) is 24.1 Å². The van der Waals surface area contributed by atoms with E-state index in [1.807, 2.05) is 69.3 Å². The van der Waals surface area contributed by atoms with Gasteiger partial charge in [0.2, 0.25) is 0 Å². The fraction of sp³-hybridized carbons (Fsp3) is 0.250. The largest absolute Gasteiger partial charge is 0.488 e. The summed E-state index contributed by atoms with van der Waals surface area (Å²) in [5.41, 5.74) is 5.96. The maximum absolute atomic E-state index is 12.8. The second kappa shape index (κ2) is 12.7. The molecular weight excluding hydrogens is 462 g/mol. The van der Waals surface area contributed by atoms with E-state index in [2.05, 4.69) is 15.8 Å². The molecule has 2 amide bonds. The number of carbonyl (C=O) groups excluding carboxylic acids is 2. The molecule has 1 atom stereocenters. The average molecular weight is 492 g/mol. The molecule has 6 nitrogen and oxygen atoms in total. The van der Waals surface area contributed by atoms with Gasteiger partial charge in [-0.15, -0.1) is 0 Å². The summed E-state index contributed by atoms with van der Waals surface area (Å²) in [7, 11) is 0. The molecule has 0 saturated heterocycles. The number of amides is 2. The third-order valence-corrected chi connectivity index (χ3v) is 5.50. The lowest BCUT2D eigenvalue weighted by atomic mass is 10.0. The molecule has 7 heteroatoms. The Morgan fingerprint density at radius 1 is 1.00 bits per heavy atom. The van der Waals surface area contributed by atoms with E-state index in [1.54, 1.807) is 24.3 Å². The molecule has 0 radical (unpaired) electrons. The first kappa shape index (κ1) is 26.0. The zero-order valence-corrected chi connectivity index (χ0v) is 20.9. The summed E-state index contributed by atoms with van der Waals surface area (Å²) in [4.78, 5) is 25.4. The maximum Gasteiger partial charge on any atom is 0.262 e. The van der Waals surface area contributed by atoms with Crippen LogP contribution in [0.25, 0.3) is 0 Å². The second-order valence-electron chi connectivity index (χ2n) is 8.71. The number of hydrogen-bond acceptors (Lipinski definition) is 4. The Bertz CT molecular complexity index is 1160. The van der Waals surface area contributed by atoms with E-state index in [1.165, 1.54) is 11.8 Å². The van der Waals surface area contributed by atoms with Crippen LogP contribution in [-0.2, 0) is 11.4 Å². The number of ether oxygens (including phenoxy) is 1. The highest BCUT2D eigenvalue weighted by atomic mass is 35.5. The normalized spacial score (nSPS) is 11.9. The summed E-state index contributed by atoms with van der Waals surface area (Å²) in [6.45, 7) is 6.43. The van der Waals surface area contributed by atoms with E-state index in [0.717, 1.165) is 11.1 Å². The predicted octanol–water partition coefficient (Wildman–Crippen LogP) is 5.52. The number of hydrazone groups is 1. The van der Waals surface area contributed by atoms with Gasteiger partial charge in [0.15, 0.2) is 0 Å². The average Bonchev–Trinajstić information content (AvgIpc) is 2.84. The molecule has 0 aliphatic carbocycles. The quantitative estimate of drug-likeness (QED) is 0.289. The molecule has 1 unspecified atom stereocenters. The highest BCUT2D eigenvalue weighted by molar-refractivity contribution is 6.30. The van der Waals surface area contributed by atoms with Gasteiger partial charge in [-0.3, -0.25) is 9.59 Å². The van der Waals surface area contributed by atoms with Crippen molar-refractivity contribution in [1.29, 1.82) is 0 Å². The van der Waals surface area contributed by atoms with Crippen molar-refractivity contribution in [2.75, 3.05) is 0 Å². The van der Waals surface area contributed by atoms with Crippen molar-refractivity contribution < 1.29 is 14.3 Å². The molecule has 0 fully saturated rings. The minimum Gasteiger partial charge on any atom is -0.488 e. The van der Waals surface area contributed by atoms with Gasteiger partial charge in [-0.2, -0.15) is 5.10 Å². The number of hydrogen-bond donors (Lipinski definition) is 2. The van der Waals surface area contributed by atoms with Crippen LogP contribution in [0.1, 0.15) is 47.3 Å². The molecule has 0 bridgehead atoms. The SMILES string of the molecule is Cc1ccc(COc2ccccc2/C=N/NC(=O)C(CC(C)C)NC(=O)c2ccc(Cl)cc2)cc1. The number of aryl methyl sites for hydroxylation is 1. The van der Waals surface area contributed by atoms with Gasteiger partial charge in [-0.05, 0) is 61.2 Å². The number of nitrogens with zero attached hydrogens (tertiary/aromatic N) is 1. The summed E-state index contributed by atoms with van der Waals surface area (Å²) in [6, 6.07) is 21.4. The van der Waals surface area contributed by atoms with Crippen molar-refractivity contribution in [3.63, 3.8) is 0 Å². The fourth-order valence-corrected chi connectivity index (χ4v) is 3.48. The number of nitrogens with one attached hydrogen (secondary N) is 2. The van der Waals surface area contributed by atoms with Gasteiger partial charge in [-0.25, -0.2) is 5.43 Å². The number of rotatable bonds is 10. The summed E-state index contributed by atoms with van der Waals surface area (Å²) >= 11 is 5.90. The molecule has 0 aliphatic heterocycles. The minimum absolute atomic E-state index is 0.191. The Balaban J connectivity index is 1.63. The van der Waals surface area contributed by atoms with Crippen LogP contribution >= 0.6 is 11.6 Å². The first-order chi connectivity index (χ1) is 16.8. The van der Waals surface area contributed by atoms with Crippen LogP contribution in [0.5, 0.6) is 5.75 Å². The van der Waals surface area contributed by atoms with Crippen LogP contribution in [0.2, 0.25) is 5.02 Å². The van der Waals surface area contributed by atoms with Gasteiger partial charge in [0, 0.05) is 16.1 Å². The number of para-hydroxylation sites is 1. The first-order valence-corrected chi connectivity index (χ1v) is 11.9. The zero-order valence-electron chi connectivity index (χ0n) is 20.1. The van der Waals surface area contributed by atoms with E-state index in [4.69, 9.17) is 16.3 Å². The van der Waals surface area contributed by atoms with Gasteiger partial charge < -0.3 is 10.1 Å². The monoisotopic (exact) mass is 491 g/mol. The molecule has 182 valence electrons. The molecule has 0 heterocycles. The third kappa shape index (κ3) is 8.26. The lowest BCUT2D eigenvalue weighted by Gasteiger charge is -2.19. The van der Waals surface area contributed by atoms with Crippen LogP contribution in [0, 0.1) is 12.8 Å². The molecule has 3 aromatic rings. The van der Waals surface area contributed by atoms with Crippen molar-refractivity contribution in [1.82, 2.24) is 10.7 Å². The van der Waals surface area contributed by atoms with Crippen molar-refractivity contribution in [3.05, 3.63) is 100 Å². The topological polar surface area (TPSA) is 79.8 Å². The van der Waals surface area contributed by atoms with Gasteiger partial charge in [0.25, 0.3) is 11.8 Å². The van der Waals surface area contributed by atoms with Gasteiger partial charge in [-0.1, -0.05) is 67.4 Å². The minimum atomic E-state index is -0.733. The molecule has 3 rings (SSSR count). The number of carbonyl (C=O) groups is 2. The molecule has 3 aromatic carbocycles. The third-order valence-electron chi connectivity index (χ3n) is 5.25. The number of benzene rings is 3. The van der Waals surface area contributed by atoms with Crippen LogP contribution in [0.4, 0.5) is 0 Å². The molecule has 0 saturated carbocycles. The Morgan fingerprint density at radius 3 is 2.37 bits per heavy atom. The predicted molar refractivity (Wildman–Crippen MR) is 140 cm³/mol. The smallest absolute Gasteiger partial charge is 0.262 e. The molecule has 0 aromatic heterocycles. The lowest BCUT2D eigenvalue weighted by molar-refractivity contribution is -0.123. The van der Waals surface area contributed by atoms with Crippen molar-refractivity contribution >= 4 is 29.6 Å². The molecule has 2 N–H and O–H groups in total. The fourth-order valence-electron chi connectivity index (χ4n) is 3.35. The Hall–Kier alpha value is -3.64.